The van der Waals surface area contributed by atoms with Crippen molar-refractivity contribution < 1.29 is 19.0 Å². The van der Waals surface area contributed by atoms with Crippen LogP contribution in [-0.2, 0) is 11.2 Å². The number of nitrogens with zero attached hydrogens (tertiary/aromatic N) is 1. The summed E-state index contributed by atoms with van der Waals surface area (Å²) in [4.78, 5) is 14.4. The second-order valence-corrected chi connectivity index (χ2v) is 6.00. The summed E-state index contributed by atoms with van der Waals surface area (Å²) in [6.07, 6.45) is 0.00353. The lowest BCUT2D eigenvalue weighted by Crippen LogP contribution is -2.33. The zero-order valence-corrected chi connectivity index (χ0v) is 13.5. The number of rotatable bonds is 4. The van der Waals surface area contributed by atoms with E-state index >= 15 is 0 Å². The highest BCUT2D eigenvalue weighted by Crippen LogP contribution is 2.33. The van der Waals surface area contributed by atoms with Crippen molar-refractivity contribution in [1.29, 1.82) is 0 Å². The number of methoxy groups -OCH3 is 1. The van der Waals surface area contributed by atoms with Crippen LogP contribution >= 0.6 is 0 Å². The predicted octanol–water partition coefficient (Wildman–Crippen LogP) is 2.71. The molecular formula is C19H20FNO3. The fourth-order valence-electron chi connectivity index (χ4n) is 3.23. The Kier molecular flexibility index (Phi) is 4.81. The minimum absolute atomic E-state index is 0.106. The molecule has 0 unspecified atom stereocenters. The third-order valence-corrected chi connectivity index (χ3v) is 4.37. The van der Waals surface area contributed by atoms with E-state index in [1.54, 1.807) is 24.1 Å². The van der Waals surface area contributed by atoms with E-state index in [1.165, 1.54) is 12.1 Å². The Morgan fingerprint density at radius 3 is 2.83 bits per heavy atom. The number of carbonyl (C=O) groups excluding carboxylic acids is 1. The van der Waals surface area contributed by atoms with Crippen molar-refractivity contribution in [3.8, 4) is 5.75 Å². The molecule has 1 aliphatic rings. The SMILES string of the molecule is COc1ccccc1CC(=O)N1C[C@H](O)C[C@H]1c1cccc(F)c1. The first-order valence-corrected chi connectivity index (χ1v) is 7.93. The average Bonchev–Trinajstić information content (AvgIpc) is 2.97. The van der Waals surface area contributed by atoms with Crippen molar-refractivity contribution in [3.05, 3.63) is 65.5 Å². The minimum Gasteiger partial charge on any atom is -0.496 e. The predicted molar refractivity (Wildman–Crippen MR) is 88.2 cm³/mol. The fraction of sp³-hybridized carbons (Fsp3) is 0.316. The van der Waals surface area contributed by atoms with Gasteiger partial charge in [-0.25, -0.2) is 4.39 Å². The number of amides is 1. The molecule has 1 aliphatic heterocycles. The van der Waals surface area contributed by atoms with Gasteiger partial charge in [0.2, 0.25) is 5.91 Å². The van der Waals surface area contributed by atoms with E-state index in [-0.39, 0.29) is 30.7 Å². The lowest BCUT2D eigenvalue weighted by atomic mass is 10.0. The summed E-state index contributed by atoms with van der Waals surface area (Å²) in [5.41, 5.74) is 1.50. The molecule has 24 heavy (non-hydrogen) atoms. The second kappa shape index (κ2) is 7.01. The van der Waals surface area contributed by atoms with E-state index in [1.807, 2.05) is 24.3 Å². The third kappa shape index (κ3) is 3.41. The Balaban J connectivity index is 1.82. The summed E-state index contributed by atoms with van der Waals surface area (Å²) in [5.74, 6) is 0.212. The molecule has 1 heterocycles. The second-order valence-electron chi connectivity index (χ2n) is 6.00. The highest BCUT2D eigenvalue weighted by atomic mass is 19.1. The average molecular weight is 329 g/mol. The first-order valence-electron chi connectivity index (χ1n) is 7.93. The van der Waals surface area contributed by atoms with Gasteiger partial charge in [0.1, 0.15) is 11.6 Å². The van der Waals surface area contributed by atoms with Crippen molar-refractivity contribution >= 4 is 5.91 Å². The summed E-state index contributed by atoms with van der Waals surface area (Å²) < 4.78 is 18.8. The van der Waals surface area contributed by atoms with Gasteiger partial charge in [-0.2, -0.15) is 0 Å². The first-order chi connectivity index (χ1) is 11.6. The molecule has 0 bridgehead atoms. The maximum atomic E-state index is 13.5. The topological polar surface area (TPSA) is 49.8 Å². The number of ether oxygens (including phenoxy) is 1. The molecule has 1 N–H and O–H groups in total. The van der Waals surface area contributed by atoms with Crippen LogP contribution in [0.1, 0.15) is 23.6 Å². The van der Waals surface area contributed by atoms with Gasteiger partial charge in [-0.3, -0.25) is 4.79 Å². The van der Waals surface area contributed by atoms with E-state index in [9.17, 15) is 14.3 Å². The van der Waals surface area contributed by atoms with Crippen molar-refractivity contribution in [2.24, 2.45) is 0 Å². The number of β-amino-alcohol motifs (C(OH)–C–C–N with tert-alkyl or cyclic N) is 1. The molecule has 5 heteroatoms. The number of aliphatic hydroxyl groups is 1. The standard InChI is InChI=1S/C19H20FNO3/c1-24-18-8-3-2-5-14(18)10-19(23)21-12-16(22)11-17(21)13-6-4-7-15(20)9-13/h2-9,16-17,22H,10-12H2,1H3/t16-,17+/m1/s1. The number of hydrogen-bond donors (Lipinski definition) is 1. The first kappa shape index (κ1) is 16.5. The maximum absolute atomic E-state index is 13.5. The van der Waals surface area contributed by atoms with Gasteiger partial charge in [0.05, 0.1) is 25.7 Å². The number of para-hydroxylation sites is 1. The van der Waals surface area contributed by atoms with Gasteiger partial charge < -0.3 is 14.7 Å². The number of aliphatic hydroxyl groups excluding tert-OH is 1. The number of hydrogen-bond acceptors (Lipinski definition) is 3. The van der Waals surface area contributed by atoms with E-state index in [2.05, 4.69) is 0 Å². The molecule has 0 spiro atoms. The summed E-state index contributed by atoms with van der Waals surface area (Å²) in [7, 11) is 1.57. The van der Waals surface area contributed by atoms with Crippen LogP contribution in [0.5, 0.6) is 5.75 Å². The lowest BCUT2D eigenvalue weighted by Gasteiger charge is -2.25. The van der Waals surface area contributed by atoms with Gasteiger partial charge in [-0.05, 0) is 30.2 Å². The largest absolute Gasteiger partial charge is 0.496 e. The molecule has 0 radical (unpaired) electrons. The molecule has 1 amide bonds. The Morgan fingerprint density at radius 1 is 1.29 bits per heavy atom. The Labute approximate surface area is 140 Å². The smallest absolute Gasteiger partial charge is 0.227 e. The van der Waals surface area contributed by atoms with Crippen molar-refractivity contribution in [3.63, 3.8) is 0 Å². The molecule has 1 saturated heterocycles. The summed E-state index contributed by atoms with van der Waals surface area (Å²) in [6.45, 7) is 0.259. The Morgan fingerprint density at radius 2 is 2.08 bits per heavy atom. The van der Waals surface area contributed by atoms with Gasteiger partial charge >= 0.3 is 0 Å². The van der Waals surface area contributed by atoms with Crippen LogP contribution in [0.15, 0.2) is 48.5 Å². The van der Waals surface area contributed by atoms with Crippen LogP contribution in [-0.4, -0.2) is 35.7 Å². The number of halogens is 1. The molecule has 0 aliphatic carbocycles. The highest BCUT2D eigenvalue weighted by molar-refractivity contribution is 5.80. The molecule has 0 saturated carbocycles. The molecule has 2 atom stereocenters. The molecular weight excluding hydrogens is 309 g/mol. The highest BCUT2D eigenvalue weighted by Gasteiger charge is 2.35. The van der Waals surface area contributed by atoms with E-state index in [0.29, 0.717) is 17.7 Å². The van der Waals surface area contributed by atoms with Gasteiger partial charge in [0, 0.05) is 12.1 Å². The third-order valence-electron chi connectivity index (χ3n) is 4.37. The maximum Gasteiger partial charge on any atom is 0.227 e. The van der Waals surface area contributed by atoms with Crippen LogP contribution in [0.2, 0.25) is 0 Å². The van der Waals surface area contributed by atoms with E-state index in [4.69, 9.17) is 4.74 Å². The van der Waals surface area contributed by atoms with Crippen LogP contribution in [0.25, 0.3) is 0 Å². The minimum atomic E-state index is -0.597. The molecule has 2 aromatic rings. The van der Waals surface area contributed by atoms with Crippen molar-refractivity contribution in [1.82, 2.24) is 4.90 Å². The van der Waals surface area contributed by atoms with Crippen LogP contribution in [0.3, 0.4) is 0 Å². The van der Waals surface area contributed by atoms with Gasteiger partial charge in [-0.15, -0.1) is 0 Å². The van der Waals surface area contributed by atoms with Crippen LogP contribution in [0.4, 0.5) is 4.39 Å². The van der Waals surface area contributed by atoms with Gasteiger partial charge in [0.25, 0.3) is 0 Å². The fourth-order valence-corrected chi connectivity index (χ4v) is 3.23. The Bertz CT molecular complexity index is 734. The number of likely N-dealkylation sites (tertiary alicyclic amines) is 1. The molecule has 3 rings (SSSR count). The molecule has 0 aromatic heterocycles. The zero-order chi connectivity index (χ0) is 17.1. The monoisotopic (exact) mass is 329 g/mol. The van der Waals surface area contributed by atoms with Crippen molar-refractivity contribution in [2.75, 3.05) is 13.7 Å². The molecule has 4 nitrogen and oxygen atoms in total. The normalized spacial score (nSPS) is 20.2. The quantitative estimate of drug-likeness (QED) is 0.938. The van der Waals surface area contributed by atoms with E-state index in [0.717, 1.165) is 5.56 Å². The van der Waals surface area contributed by atoms with Gasteiger partial charge in [-0.1, -0.05) is 30.3 Å². The van der Waals surface area contributed by atoms with Crippen LogP contribution in [0, 0.1) is 5.82 Å². The summed E-state index contributed by atoms with van der Waals surface area (Å²) in [6, 6.07) is 13.3. The summed E-state index contributed by atoms with van der Waals surface area (Å²) in [5, 5.41) is 10.0. The number of benzene rings is 2. The molecule has 126 valence electrons. The van der Waals surface area contributed by atoms with Crippen molar-refractivity contribution in [2.45, 2.75) is 25.0 Å². The number of carbonyl (C=O) groups is 1. The van der Waals surface area contributed by atoms with E-state index < -0.39 is 6.10 Å². The molecule has 1 fully saturated rings. The summed E-state index contributed by atoms with van der Waals surface area (Å²) >= 11 is 0. The zero-order valence-electron chi connectivity index (χ0n) is 13.5. The Hall–Kier alpha value is -2.40. The van der Waals surface area contributed by atoms with Gasteiger partial charge in [0.15, 0.2) is 0 Å². The lowest BCUT2D eigenvalue weighted by molar-refractivity contribution is -0.131. The molecule has 2 aromatic carbocycles. The van der Waals surface area contributed by atoms with Crippen LogP contribution < -0.4 is 4.74 Å².